The molecule has 0 saturated carbocycles. The van der Waals surface area contributed by atoms with Gasteiger partial charge in [-0.2, -0.15) is 0 Å². The maximum absolute atomic E-state index is 5.96. The molecule has 0 aromatic carbocycles. The predicted octanol–water partition coefficient (Wildman–Crippen LogP) is 2.84. The quantitative estimate of drug-likeness (QED) is 0.791. The number of hydrogen-bond donors (Lipinski definition) is 1. The van der Waals surface area contributed by atoms with Crippen LogP contribution in [-0.4, -0.2) is 16.9 Å². The van der Waals surface area contributed by atoms with Crippen LogP contribution in [0.3, 0.4) is 0 Å². The molecule has 0 saturated heterocycles. The van der Waals surface area contributed by atoms with Crippen molar-refractivity contribution in [1.29, 1.82) is 0 Å². The summed E-state index contributed by atoms with van der Waals surface area (Å²) < 4.78 is 0. The minimum absolute atomic E-state index is 0.190. The van der Waals surface area contributed by atoms with Gasteiger partial charge in [-0.1, -0.05) is 18.5 Å². The summed E-state index contributed by atoms with van der Waals surface area (Å²) in [6, 6.07) is 1.91. The number of nitrogens with zero attached hydrogens (tertiary/aromatic N) is 1. The van der Waals surface area contributed by atoms with E-state index in [9.17, 15) is 0 Å². The van der Waals surface area contributed by atoms with Crippen molar-refractivity contribution in [3.8, 4) is 0 Å². The largest absolute Gasteiger partial charge is 0.311 e. The Morgan fingerprint density at radius 1 is 1.57 bits per heavy atom. The third kappa shape index (κ3) is 3.82. The van der Waals surface area contributed by atoms with Crippen LogP contribution in [0.25, 0.3) is 0 Å². The predicted molar refractivity (Wildman–Crippen MR) is 60.9 cm³/mol. The van der Waals surface area contributed by atoms with Gasteiger partial charge in [-0.3, -0.25) is 4.98 Å². The van der Waals surface area contributed by atoms with Crippen LogP contribution < -0.4 is 5.32 Å². The van der Waals surface area contributed by atoms with Crippen LogP contribution in [0, 0.1) is 0 Å². The first-order chi connectivity index (χ1) is 6.74. The van der Waals surface area contributed by atoms with Gasteiger partial charge in [-0.15, -0.1) is 11.6 Å². The van der Waals surface area contributed by atoms with E-state index in [4.69, 9.17) is 23.2 Å². The third-order valence-corrected chi connectivity index (χ3v) is 2.78. The molecule has 0 aliphatic carbocycles. The van der Waals surface area contributed by atoms with Crippen LogP contribution in [0.15, 0.2) is 18.5 Å². The van der Waals surface area contributed by atoms with Crippen molar-refractivity contribution in [2.75, 3.05) is 6.54 Å². The van der Waals surface area contributed by atoms with Gasteiger partial charge in [0.05, 0.1) is 5.02 Å². The summed E-state index contributed by atoms with van der Waals surface area (Å²) in [5.41, 5.74) is 1.06. The molecule has 0 radical (unpaired) electrons. The lowest BCUT2D eigenvalue weighted by Gasteiger charge is -2.08. The smallest absolute Gasteiger partial charge is 0.0634 e. The van der Waals surface area contributed by atoms with E-state index in [2.05, 4.69) is 17.2 Å². The zero-order valence-corrected chi connectivity index (χ0v) is 9.65. The van der Waals surface area contributed by atoms with Gasteiger partial charge in [0.25, 0.3) is 0 Å². The van der Waals surface area contributed by atoms with Gasteiger partial charge < -0.3 is 5.32 Å². The molecule has 1 aromatic rings. The van der Waals surface area contributed by atoms with Crippen LogP contribution in [0.5, 0.6) is 0 Å². The Morgan fingerprint density at radius 3 is 3.00 bits per heavy atom. The molecule has 1 rings (SSSR count). The summed E-state index contributed by atoms with van der Waals surface area (Å²) in [4.78, 5) is 3.92. The highest BCUT2D eigenvalue weighted by molar-refractivity contribution is 6.31. The monoisotopic (exact) mass is 232 g/mol. The van der Waals surface area contributed by atoms with Gasteiger partial charge >= 0.3 is 0 Å². The summed E-state index contributed by atoms with van der Waals surface area (Å²) in [5.74, 6) is 0. The second-order valence-electron chi connectivity index (χ2n) is 3.10. The molecular weight excluding hydrogens is 219 g/mol. The Balaban J connectivity index is 2.35. The molecule has 0 fully saturated rings. The van der Waals surface area contributed by atoms with Crippen molar-refractivity contribution in [3.63, 3.8) is 0 Å². The standard InChI is InChI=1S/C10H14Cl2N2/c1-2-9(11)6-14-5-8-3-4-13-7-10(8)12/h3-4,7,9,14H,2,5-6H2,1H3. The Labute approximate surface area is 94.6 Å². The van der Waals surface area contributed by atoms with E-state index < -0.39 is 0 Å². The van der Waals surface area contributed by atoms with Crippen LogP contribution in [-0.2, 0) is 6.54 Å². The Morgan fingerprint density at radius 2 is 2.36 bits per heavy atom. The van der Waals surface area contributed by atoms with Crippen molar-refractivity contribution in [1.82, 2.24) is 10.3 Å². The molecule has 4 heteroatoms. The SMILES string of the molecule is CCC(Cl)CNCc1ccncc1Cl. The summed E-state index contributed by atoms with van der Waals surface area (Å²) in [7, 11) is 0. The summed E-state index contributed by atoms with van der Waals surface area (Å²) in [6.45, 7) is 3.61. The summed E-state index contributed by atoms with van der Waals surface area (Å²) in [5, 5.41) is 4.14. The van der Waals surface area contributed by atoms with Crippen LogP contribution in [0.1, 0.15) is 18.9 Å². The highest BCUT2D eigenvalue weighted by Gasteiger charge is 2.02. The Hall–Kier alpha value is -0.310. The van der Waals surface area contributed by atoms with Crippen LogP contribution in [0.4, 0.5) is 0 Å². The summed E-state index contributed by atoms with van der Waals surface area (Å²) in [6.07, 6.45) is 4.36. The van der Waals surface area contributed by atoms with E-state index in [1.807, 2.05) is 6.07 Å². The van der Waals surface area contributed by atoms with E-state index in [-0.39, 0.29) is 5.38 Å². The number of pyridine rings is 1. The molecule has 78 valence electrons. The average molecular weight is 233 g/mol. The van der Waals surface area contributed by atoms with Crippen LogP contribution in [0.2, 0.25) is 5.02 Å². The van der Waals surface area contributed by atoms with Gasteiger partial charge in [0.1, 0.15) is 0 Å². The molecule has 14 heavy (non-hydrogen) atoms. The van der Waals surface area contributed by atoms with E-state index in [0.29, 0.717) is 5.02 Å². The van der Waals surface area contributed by atoms with Crippen molar-refractivity contribution in [2.24, 2.45) is 0 Å². The molecule has 0 aliphatic heterocycles. The Bertz CT molecular complexity index is 279. The van der Waals surface area contributed by atoms with Crippen LogP contribution >= 0.6 is 23.2 Å². The number of alkyl halides is 1. The van der Waals surface area contributed by atoms with Gasteiger partial charge in [0.2, 0.25) is 0 Å². The lowest BCUT2D eigenvalue weighted by Crippen LogP contribution is -2.22. The fourth-order valence-electron chi connectivity index (χ4n) is 1.06. The second kappa shape index (κ2) is 6.23. The number of nitrogens with one attached hydrogen (secondary N) is 1. The zero-order valence-electron chi connectivity index (χ0n) is 8.13. The molecule has 1 aromatic heterocycles. The normalized spacial score (nSPS) is 12.8. The third-order valence-electron chi connectivity index (χ3n) is 1.98. The van der Waals surface area contributed by atoms with E-state index in [1.165, 1.54) is 0 Å². The number of rotatable bonds is 5. The molecule has 1 atom stereocenters. The van der Waals surface area contributed by atoms with Crippen molar-refractivity contribution >= 4 is 23.2 Å². The Kier molecular flexibility index (Phi) is 5.23. The minimum atomic E-state index is 0.190. The van der Waals surface area contributed by atoms with Crippen molar-refractivity contribution in [3.05, 3.63) is 29.0 Å². The van der Waals surface area contributed by atoms with E-state index in [1.54, 1.807) is 12.4 Å². The van der Waals surface area contributed by atoms with Gasteiger partial charge in [0.15, 0.2) is 0 Å². The maximum Gasteiger partial charge on any atom is 0.0634 e. The first-order valence-corrected chi connectivity index (χ1v) is 5.48. The highest BCUT2D eigenvalue weighted by atomic mass is 35.5. The summed E-state index contributed by atoms with van der Waals surface area (Å²) >= 11 is 11.9. The molecule has 2 nitrogen and oxygen atoms in total. The molecule has 0 amide bonds. The molecule has 0 aliphatic rings. The van der Waals surface area contributed by atoms with Gasteiger partial charge in [0, 0.05) is 30.9 Å². The second-order valence-corrected chi connectivity index (χ2v) is 4.13. The molecule has 0 bridgehead atoms. The molecular formula is C10H14Cl2N2. The number of halogens is 2. The van der Waals surface area contributed by atoms with Gasteiger partial charge in [-0.05, 0) is 18.1 Å². The topological polar surface area (TPSA) is 24.9 Å². The molecule has 0 spiro atoms. The lowest BCUT2D eigenvalue weighted by molar-refractivity contribution is 0.647. The lowest BCUT2D eigenvalue weighted by atomic mass is 10.2. The average Bonchev–Trinajstić information content (AvgIpc) is 2.20. The fourth-order valence-corrected chi connectivity index (χ4v) is 1.35. The van der Waals surface area contributed by atoms with Crippen molar-refractivity contribution < 1.29 is 0 Å². The molecule has 1 N–H and O–H groups in total. The van der Waals surface area contributed by atoms with Crippen molar-refractivity contribution in [2.45, 2.75) is 25.3 Å². The first-order valence-electron chi connectivity index (χ1n) is 4.67. The first kappa shape index (κ1) is 11.8. The maximum atomic E-state index is 5.96. The zero-order chi connectivity index (χ0) is 10.4. The minimum Gasteiger partial charge on any atom is -0.311 e. The fraction of sp³-hybridized carbons (Fsp3) is 0.500. The number of hydrogen-bond acceptors (Lipinski definition) is 2. The van der Waals surface area contributed by atoms with Gasteiger partial charge in [-0.25, -0.2) is 0 Å². The highest BCUT2D eigenvalue weighted by Crippen LogP contribution is 2.12. The number of aromatic nitrogens is 1. The van der Waals surface area contributed by atoms with E-state index in [0.717, 1.165) is 25.1 Å². The molecule has 1 unspecified atom stereocenters. The van der Waals surface area contributed by atoms with E-state index >= 15 is 0 Å². The molecule has 1 heterocycles.